The van der Waals surface area contributed by atoms with Crippen LogP contribution < -0.4 is 0 Å². The molecule has 0 aromatic carbocycles. The molecule has 0 N–H and O–H groups in total. The Kier molecular flexibility index (Phi) is 2.98. The number of fused-ring (bicyclic) bond motifs is 1. The Bertz CT molecular complexity index is 317. The number of carbonyl (C=O) groups excluding carboxylic acids is 1. The summed E-state index contributed by atoms with van der Waals surface area (Å²) in [6.07, 6.45) is 5.36. The highest BCUT2D eigenvalue weighted by atomic mass is 16.1. The molecule has 1 nitrogen and oxygen atoms in total. The summed E-state index contributed by atoms with van der Waals surface area (Å²) in [6.45, 7) is 10.9. The van der Waals surface area contributed by atoms with Gasteiger partial charge in [-0.2, -0.15) is 0 Å². The summed E-state index contributed by atoms with van der Waals surface area (Å²) >= 11 is 0. The van der Waals surface area contributed by atoms with Crippen molar-refractivity contribution in [2.24, 2.45) is 23.2 Å². The fourth-order valence-electron chi connectivity index (χ4n) is 3.83. The summed E-state index contributed by atoms with van der Waals surface area (Å²) in [4.78, 5) is 12.0. The van der Waals surface area contributed by atoms with Crippen molar-refractivity contribution >= 4 is 5.78 Å². The molecular weight excluding hydrogens is 196 g/mol. The molecule has 4 unspecified atom stereocenters. The molecule has 0 heterocycles. The number of carbonyl (C=O) groups is 1. The van der Waals surface area contributed by atoms with Crippen LogP contribution in [0.25, 0.3) is 0 Å². The Hall–Kier alpha value is -0.590. The Labute approximate surface area is 99.3 Å². The molecule has 2 fully saturated rings. The van der Waals surface area contributed by atoms with E-state index in [1.54, 1.807) is 0 Å². The summed E-state index contributed by atoms with van der Waals surface area (Å²) in [6, 6.07) is 0. The summed E-state index contributed by atoms with van der Waals surface area (Å²) < 4.78 is 0. The highest BCUT2D eigenvalue weighted by Crippen LogP contribution is 2.54. The molecule has 0 bridgehead atoms. The van der Waals surface area contributed by atoms with Crippen molar-refractivity contribution in [2.75, 3.05) is 0 Å². The molecule has 2 aliphatic carbocycles. The van der Waals surface area contributed by atoms with Gasteiger partial charge in [-0.05, 0) is 49.9 Å². The Balaban J connectivity index is 2.23. The van der Waals surface area contributed by atoms with E-state index in [2.05, 4.69) is 27.4 Å². The van der Waals surface area contributed by atoms with Crippen molar-refractivity contribution in [2.45, 2.75) is 52.9 Å². The summed E-state index contributed by atoms with van der Waals surface area (Å²) in [5, 5.41) is 0. The lowest BCUT2D eigenvalue weighted by atomic mass is 9.53. The minimum Gasteiger partial charge on any atom is -0.299 e. The van der Waals surface area contributed by atoms with Gasteiger partial charge >= 0.3 is 0 Å². The number of allylic oxidation sites excluding steroid dienone is 1. The Morgan fingerprint density at radius 3 is 2.69 bits per heavy atom. The standard InChI is InChI=1S/C15H24O/c1-10(2)12-6-7-13-14(16)8-5-11(3)15(13,4)9-12/h11-13H,1,5-9H2,2-4H3. The Morgan fingerprint density at radius 2 is 2.06 bits per heavy atom. The van der Waals surface area contributed by atoms with Gasteiger partial charge in [-0.25, -0.2) is 0 Å². The third kappa shape index (κ3) is 1.74. The number of hydrogen-bond donors (Lipinski definition) is 0. The van der Waals surface area contributed by atoms with E-state index in [9.17, 15) is 4.79 Å². The lowest BCUT2D eigenvalue weighted by Gasteiger charge is -2.51. The molecule has 0 amide bonds. The van der Waals surface area contributed by atoms with E-state index in [0.29, 0.717) is 23.5 Å². The average molecular weight is 220 g/mol. The second-order valence-corrected chi connectivity index (χ2v) is 6.29. The largest absolute Gasteiger partial charge is 0.299 e. The van der Waals surface area contributed by atoms with E-state index in [0.717, 1.165) is 19.3 Å². The van der Waals surface area contributed by atoms with Gasteiger partial charge in [-0.3, -0.25) is 4.79 Å². The topological polar surface area (TPSA) is 17.1 Å². The normalized spacial score (nSPS) is 43.9. The first-order valence-corrected chi connectivity index (χ1v) is 6.63. The van der Waals surface area contributed by atoms with Gasteiger partial charge in [0.2, 0.25) is 0 Å². The van der Waals surface area contributed by atoms with E-state index in [4.69, 9.17) is 0 Å². The second-order valence-electron chi connectivity index (χ2n) is 6.29. The zero-order valence-electron chi connectivity index (χ0n) is 10.9. The average Bonchev–Trinajstić information content (AvgIpc) is 2.23. The van der Waals surface area contributed by atoms with Gasteiger partial charge in [0.05, 0.1) is 0 Å². The zero-order valence-corrected chi connectivity index (χ0v) is 10.9. The van der Waals surface area contributed by atoms with Crippen LogP contribution in [0.2, 0.25) is 0 Å². The minimum absolute atomic E-state index is 0.247. The second kappa shape index (κ2) is 4.01. The number of rotatable bonds is 1. The summed E-state index contributed by atoms with van der Waals surface area (Å²) in [5.41, 5.74) is 1.56. The fourth-order valence-corrected chi connectivity index (χ4v) is 3.83. The van der Waals surface area contributed by atoms with Crippen LogP contribution in [0, 0.1) is 23.2 Å². The van der Waals surface area contributed by atoms with Crippen molar-refractivity contribution in [1.29, 1.82) is 0 Å². The lowest BCUT2D eigenvalue weighted by molar-refractivity contribution is -0.136. The van der Waals surface area contributed by atoms with Crippen LogP contribution in [-0.4, -0.2) is 5.78 Å². The van der Waals surface area contributed by atoms with Crippen molar-refractivity contribution in [3.8, 4) is 0 Å². The highest BCUT2D eigenvalue weighted by molar-refractivity contribution is 5.82. The molecule has 16 heavy (non-hydrogen) atoms. The maximum Gasteiger partial charge on any atom is 0.136 e. The third-order valence-corrected chi connectivity index (χ3v) is 5.32. The van der Waals surface area contributed by atoms with Crippen LogP contribution in [0.15, 0.2) is 12.2 Å². The highest BCUT2D eigenvalue weighted by Gasteiger charge is 2.49. The van der Waals surface area contributed by atoms with Crippen LogP contribution >= 0.6 is 0 Å². The van der Waals surface area contributed by atoms with Crippen LogP contribution in [-0.2, 0) is 4.79 Å². The van der Waals surface area contributed by atoms with Gasteiger partial charge in [0.15, 0.2) is 0 Å². The van der Waals surface area contributed by atoms with Crippen LogP contribution in [0.5, 0.6) is 0 Å². The molecule has 1 heteroatoms. The van der Waals surface area contributed by atoms with Gasteiger partial charge in [0.25, 0.3) is 0 Å². The lowest BCUT2D eigenvalue weighted by Crippen LogP contribution is -2.47. The minimum atomic E-state index is 0.247. The smallest absolute Gasteiger partial charge is 0.136 e. The quantitative estimate of drug-likeness (QED) is 0.611. The van der Waals surface area contributed by atoms with E-state index in [-0.39, 0.29) is 5.41 Å². The summed E-state index contributed by atoms with van der Waals surface area (Å²) in [7, 11) is 0. The van der Waals surface area contributed by atoms with E-state index >= 15 is 0 Å². The molecule has 2 saturated carbocycles. The van der Waals surface area contributed by atoms with E-state index in [1.165, 1.54) is 18.4 Å². The van der Waals surface area contributed by atoms with Gasteiger partial charge in [-0.15, -0.1) is 0 Å². The molecule has 0 saturated heterocycles. The van der Waals surface area contributed by atoms with Crippen LogP contribution in [0.1, 0.15) is 52.9 Å². The van der Waals surface area contributed by atoms with Gasteiger partial charge < -0.3 is 0 Å². The first-order valence-electron chi connectivity index (χ1n) is 6.63. The molecule has 90 valence electrons. The van der Waals surface area contributed by atoms with E-state index in [1.807, 2.05) is 0 Å². The molecule has 0 radical (unpaired) electrons. The third-order valence-electron chi connectivity index (χ3n) is 5.32. The number of hydrogen-bond acceptors (Lipinski definition) is 1. The Morgan fingerprint density at radius 1 is 1.38 bits per heavy atom. The van der Waals surface area contributed by atoms with Gasteiger partial charge in [0.1, 0.15) is 5.78 Å². The zero-order chi connectivity index (χ0) is 11.9. The predicted octanol–water partition coefficient (Wildman–Crippen LogP) is 3.98. The molecule has 2 rings (SSSR count). The van der Waals surface area contributed by atoms with Crippen LogP contribution in [0.3, 0.4) is 0 Å². The number of Topliss-reactive ketones (excluding diaryl/α,β-unsaturated/α-hetero) is 1. The van der Waals surface area contributed by atoms with Gasteiger partial charge in [0, 0.05) is 12.3 Å². The molecular formula is C15H24O. The molecule has 4 atom stereocenters. The molecule has 0 aromatic heterocycles. The fraction of sp³-hybridized carbons (Fsp3) is 0.800. The van der Waals surface area contributed by atoms with Crippen molar-refractivity contribution < 1.29 is 4.79 Å². The van der Waals surface area contributed by atoms with Crippen molar-refractivity contribution in [3.05, 3.63) is 12.2 Å². The maximum absolute atomic E-state index is 12.0. The van der Waals surface area contributed by atoms with Crippen molar-refractivity contribution in [1.82, 2.24) is 0 Å². The molecule has 0 spiro atoms. The SMILES string of the molecule is C=C(C)C1CCC2C(=O)CCC(C)C2(C)C1. The first-order chi connectivity index (χ1) is 7.45. The monoisotopic (exact) mass is 220 g/mol. The molecule has 0 aliphatic heterocycles. The summed E-state index contributed by atoms with van der Waals surface area (Å²) in [5.74, 6) is 2.21. The van der Waals surface area contributed by atoms with Crippen LogP contribution in [0.4, 0.5) is 0 Å². The predicted molar refractivity (Wildman–Crippen MR) is 67.2 cm³/mol. The number of ketones is 1. The van der Waals surface area contributed by atoms with Gasteiger partial charge in [-0.1, -0.05) is 26.0 Å². The van der Waals surface area contributed by atoms with E-state index < -0.39 is 0 Å². The first kappa shape index (κ1) is 11.9. The molecule has 2 aliphatic rings. The van der Waals surface area contributed by atoms with Crippen molar-refractivity contribution in [3.63, 3.8) is 0 Å². The molecule has 0 aromatic rings. The maximum atomic E-state index is 12.0.